The van der Waals surface area contributed by atoms with E-state index in [1.54, 1.807) is 24.3 Å². The minimum Gasteiger partial charge on any atom is -0.341 e. The molecular formula is C23H22N2O2. The average molecular weight is 358 g/mol. The molecule has 0 spiro atoms. The normalized spacial score (nSPS) is 11.5. The van der Waals surface area contributed by atoms with Gasteiger partial charge < -0.3 is 10.6 Å². The number of amides is 2. The Morgan fingerprint density at radius 1 is 0.815 bits per heavy atom. The first-order chi connectivity index (χ1) is 13.0. The number of nitrogens with one attached hydrogen (secondary N) is 2. The van der Waals surface area contributed by atoms with Crippen LogP contribution in [0.15, 0.2) is 78.9 Å². The van der Waals surface area contributed by atoms with Crippen LogP contribution < -0.4 is 10.6 Å². The summed E-state index contributed by atoms with van der Waals surface area (Å²) in [5.74, 6) is -0.369. The summed E-state index contributed by atoms with van der Waals surface area (Å²) < 4.78 is 0. The highest BCUT2D eigenvalue weighted by molar-refractivity contribution is 5.97. The van der Waals surface area contributed by atoms with Crippen molar-refractivity contribution in [3.8, 4) is 0 Å². The molecule has 0 fully saturated rings. The lowest BCUT2D eigenvalue weighted by atomic mass is 9.97. The van der Waals surface area contributed by atoms with Crippen LogP contribution >= 0.6 is 0 Å². The van der Waals surface area contributed by atoms with Crippen LogP contribution in [-0.4, -0.2) is 11.8 Å². The largest absolute Gasteiger partial charge is 0.341 e. The van der Waals surface area contributed by atoms with Crippen molar-refractivity contribution in [2.45, 2.75) is 19.9 Å². The molecule has 0 aliphatic carbocycles. The molecule has 1 atom stereocenters. The van der Waals surface area contributed by atoms with Crippen molar-refractivity contribution in [1.82, 2.24) is 5.32 Å². The fourth-order valence-corrected chi connectivity index (χ4v) is 2.92. The van der Waals surface area contributed by atoms with E-state index in [0.29, 0.717) is 11.3 Å². The van der Waals surface area contributed by atoms with E-state index in [-0.39, 0.29) is 17.9 Å². The summed E-state index contributed by atoms with van der Waals surface area (Å²) in [5.41, 5.74) is 4.28. The van der Waals surface area contributed by atoms with Gasteiger partial charge in [0.15, 0.2) is 0 Å². The average Bonchev–Trinajstić information content (AvgIpc) is 2.67. The number of rotatable bonds is 5. The van der Waals surface area contributed by atoms with Gasteiger partial charge >= 0.3 is 0 Å². The molecule has 0 heterocycles. The first-order valence-electron chi connectivity index (χ1n) is 8.83. The van der Waals surface area contributed by atoms with Crippen LogP contribution in [0, 0.1) is 6.92 Å². The van der Waals surface area contributed by atoms with Gasteiger partial charge in [0.25, 0.3) is 5.91 Å². The highest BCUT2D eigenvalue weighted by atomic mass is 16.2. The van der Waals surface area contributed by atoms with Crippen LogP contribution in [0.4, 0.5) is 5.69 Å². The van der Waals surface area contributed by atoms with E-state index in [1.807, 2.05) is 61.5 Å². The number of benzene rings is 3. The Hall–Kier alpha value is -3.40. The van der Waals surface area contributed by atoms with Crippen LogP contribution in [0.25, 0.3) is 0 Å². The van der Waals surface area contributed by atoms with Crippen molar-refractivity contribution in [1.29, 1.82) is 0 Å². The monoisotopic (exact) mass is 358 g/mol. The molecule has 27 heavy (non-hydrogen) atoms. The SMILES string of the molecule is CC(=O)Nc1cccc(C(=O)N[C@H](c2ccccc2)c2ccc(C)cc2)c1. The summed E-state index contributed by atoms with van der Waals surface area (Å²) in [4.78, 5) is 24.1. The third-order valence-corrected chi connectivity index (χ3v) is 4.26. The zero-order valence-electron chi connectivity index (χ0n) is 15.4. The third-order valence-electron chi connectivity index (χ3n) is 4.26. The minimum absolute atomic E-state index is 0.172. The summed E-state index contributed by atoms with van der Waals surface area (Å²) in [6, 6.07) is 24.7. The van der Waals surface area contributed by atoms with Gasteiger partial charge in [-0.3, -0.25) is 9.59 Å². The van der Waals surface area contributed by atoms with Crippen LogP contribution in [-0.2, 0) is 4.79 Å². The fourth-order valence-electron chi connectivity index (χ4n) is 2.92. The first kappa shape index (κ1) is 18.4. The number of carbonyl (C=O) groups excluding carboxylic acids is 2. The zero-order chi connectivity index (χ0) is 19.2. The van der Waals surface area contributed by atoms with Crippen molar-refractivity contribution in [3.05, 3.63) is 101 Å². The third kappa shape index (κ3) is 4.82. The Labute approximate surface area is 159 Å². The van der Waals surface area contributed by atoms with Crippen molar-refractivity contribution in [2.75, 3.05) is 5.32 Å². The molecule has 0 bridgehead atoms. The second-order valence-electron chi connectivity index (χ2n) is 6.49. The Kier molecular flexibility index (Phi) is 5.67. The van der Waals surface area contributed by atoms with Crippen molar-refractivity contribution < 1.29 is 9.59 Å². The topological polar surface area (TPSA) is 58.2 Å². The fraction of sp³-hybridized carbons (Fsp3) is 0.130. The van der Waals surface area contributed by atoms with E-state index in [0.717, 1.165) is 11.1 Å². The highest BCUT2D eigenvalue weighted by Crippen LogP contribution is 2.23. The zero-order valence-corrected chi connectivity index (χ0v) is 15.4. The molecule has 2 amide bonds. The van der Waals surface area contributed by atoms with Gasteiger partial charge in [0.2, 0.25) is 5.91 Å². The molecule has 2 N–H and O–H groups in total. The van der Waals surface area contributed by atoms with E-state index in [4.69, 9.17) is 0 Å². The van der Waals surface area contributed by atoms with Gasteiger partial charge in [0.05, 0.1) is 6.04 Å². The summed E-state index contributed by atoms with van der Waals surface area (Å²) in [5, 5.41) is 5.82. The van der Waals surface area contributed by atoms with Crippen molar-refractivity contribution in [3.63, 3.8) is 0 Å². The lowest BCUT2D eigenvalue weighted by Gasteiger charge is -2.20. The van der Waals surface area contributed by atoms with Gasteiger partial charge in [-0.15, -0.1) is 0 Å². The first-order valence-corrected chi connectivity index (χ1v) is 8.83. The van der Waals surface area contributed by atoms with Crippen LogP contribution in [0.2, 0.25) is 0 Å². The standard InChI is InChI=1S/C23H22N2O2/c1-16-11-13-19(14-12-16)22(18-7-4-3-5-8-18)25-23(27)20-9-6-10-21(15-20)24-17(2)26/h3-15,22H,1-2H3,(H,24,26)(H,25,27)/t22-/m1/s1. The van der Waals surface area contributed by atoms with Gasteiger partial charge in [0.1, 0.15) is 0 Å². The van der Waals surface area contributed by atoms with Crippen molar-refractivity contribution >= 4 is 17.5 Å². The summed E-state index contributed by atoms with van der Waals surface area (Å²) in [6.07, 6.45) is 0. The summed E-state index contributed by atoms with van der Waals surface area (Å²) in [6.45, 7) is 3.48. The number of hydrogen-bond donors (Lipinski definition) is 2. The second kappa shape index (κ2) is 8.32. The predicted molar refractivity (Wildman–Crippen MR) is 108 cm³/mol. The van der Waals surface area contributed by atoms with Gasteiger partial charge in [-0.25, -0.2) is 0 Å². The molecule has 0 saturated heterocycles. The Morgan fingerprint density at radius 3 is 2.15 bits per heavy atom. The number of anilines is 1. The Balaban J connectivity index is 1.89. The molecule has 4 nitrogen and oxygen atoms in total. The lowest BCUT2D eigenvalue weighted by Crippen LogP contribution is -2.29. The van der Waals surface area contributed by atoms with Crippen LogP contribution in [0.5, 0.6) is 0 Å². The molecule has 3 rings (SSSR count). The molecule has 0 unspecified atom stereocenters. The smallest absolute Gasteiger partial charge is 0.252 e. The maximum absolute atomic E-state index is 12.9. The molecule has 136 valence electrons. The maximum Gasteiger partial charge on any atom is 0.252 e. The van der Waals surface area contributed by atoms with E-state index < -0.39 is 0 Å². The molecule has 4 heteroatoms. The van der Waals surface area contributed by atoms with Crippen molar-refractivity contribution in [2.24, 2.45) is 0 Å². The molecule has 0 saturated carbocycles. The predicted octanol–water partition coefficient (Wildman–Crippen LogP) is 4.47. The quantitative estimate of drug-likeness (QED) is 0.707. The summed E-state index contributed by atoms with van der Waals surface area (Å²) >= 11 is 0. The number of hydrogen-bond acceptors (Lipinski definition) is 2. The van der Waals surface area contributed by atoms with Gasteiger partial charge in [-0.05, 0) is 36.2 Å². The highest BCUT2D eigenvalue weighted by Gasteiger charge is 2.18. The van der Waals surface area contributed by atoms with E-state index in [2.05, 4.69) is 10.6 Å². The van der Waals surface area contributed by atoms with Gasteiger partial charge in [-0.1, -0.05) is 66.2 Å². The van der Waals surface area contributed by atoms with E-state index in [1.165, 1.54) is 12.5 Å². The Bertz CT molecular complexity index is 934. The van der Waals surface area contributed by atoms with Crippen LogP contribution in [0.3, 0.4) is 0 Å². The van der Waals surface area contributed by atoms with E-state index >= 15 is 0 Å². The molecule has 3 aromatic carbocycles. The lowest BCUT2D eigenvalue weighted by molar-refractivity contribution is -0.114. The van der Waals surface area contributed by atoms with Crippen LogP contribution in [0.1, 0.15) is 40.0 Å². The van der Waals surface area contributed by atoms with Gasteiger partial charge in [0, 0.05) is 18.2 Å². The molecule has 0 aliphatic rings. The molecule has 0 aliphatic heterocycles. The maximum atomic E-state index is 12.9. The summed E-state index contributed by atoms with van der Waals surface area (Å²) in [7, 11) is 0. The molecule has 0 aromatic heterocycles. The molecule has 0 radical (unpaired) electrons. The van der Waals surface area contributed by atoms with Gasteiger partial charge in [-0.2, -0.15) is 0 Å². The second-order valence-corrected chi connectivity index (χ2v) is 6.49. The minimum atomic E-state index is -0.260. The number of carbonyl (C=O) groups is 2. The van der Waals surface area contributed by atoms with E-state index in [9.17, 15) is 9.59 Å². The number of aryl methyl sites for hydroxylation is 1. The molecule has 3 aromatic rings. The Morgan fingerprint density at radius 2 is 1.48 bits per heavy atom. The molecular weight excluding hydrogens is 336 g/mol.